The Hall–Kier alpha value is -2.88. The quantitative estimate of drug-likeness (QED) is 0.131. The van der Waals surface area contributed by atoms with Gasteiger partial charge in [-0.15, -0.1) is 0 Å². The third kappa shape index (κ3) is 10.5. The highest BCUT2D eigenvalue weighted by atomic mass is 16.4. The fourth-order valence-corrected chi connectivity index (χ4v) is 3.01. The molecule has 0 aliphatic rings. The Morgan fingerprint density at radius 2 is 0.789 bits per heavy atom. The summed E-state index contributed by atoms with van der Waals surface area (Å²) in [6.45, 7) is -1.45. The van der Waals surface area contributed by atoms with Crippen LogP contribution in [0.5, 0.6) is 0 Å². The van der Waals surface area contributed by atoms with Crippen LogP contribution >= 0.6 is 0 Å². The van der Waals surface area contributed by atoms with E-state index in [0.717, 1.165) is 0 Å². The molecule has 2 rings (SSSR count). The van der Waals surface area contributed by atoms with Crippen molar-refractivity contribution in [3.05, 3.63) is 83.3 Å². The molecule has 0 spiro atoms. The van der Waals surface area contributed by atoms with Crippen molar-refractivity contribution in [2.45, 2.75) is 48.8 Å². The SMILES string of the molecule is OC(=Cc1ccccc1)C(O)C(O)C(O)C(O)C(O)=Cc1ccccc1.OCC(O)C(O)C(O)C(O)CO. The zero-order valence-electron chi connectivity index (χ0n) is 20.3. The van der Waals surface area contributed by atoms with E-state index in [1.54, 1.807) is 60.7 Å². The van der Waals surface area contributed by atoms with Gasteiger partial charge in [-0.3, -0.25) is 0 Å². The van der Waals surface area contributed by atoms with Crippen LogP contribution in [0.3, 0.4) is 0 Å². The van der Waals surface area contributed by atoms with Gasteiger partial charge in [0.05, 0.1) is 13.2 Å². The minimum absolute atomic E-state index is 0.582. The zero-order valence-corrected chi connectivity index (χ0v) is 20.3. The van der Waals surface area contributed by atoms with Crippen LogP contribution in [0, 0.1) is 0 Å². The summed E-state index contributed by atoms with van der Waals surface area (Å²) in [5, 5.41) is 112. The highest BCUT2D eigenvalue weighted by molar-refractivity contribution is 5.52. The van der Waals surface area contributed by atoms with Gasteiger partial charge in [0.1, 0.15) is 60.4 Å². The van der Waals surface area contributed by atoms with E-state index < -0.39 is 73.6 Å². The maximum absolute atomic E-state index is 10.0. The second kappa shape index (κ2) is 16.9. The fourth-order valence-electron chi connectivity index (χ4n) is 3.01. The Morgan fingerprint density at radius 1 is 0.500 bits per heavy atom. The second-order valence-corrected chi connectivity index (χ2v) is 8.31. The first-order valence-corrected chi connectivity index (χ1v) is 11.5. The van der Waals surface area contributed by atoms with E-state index in [4.69, 9.17) is 30.6 Å². The predicted octanol–water partition coefficient (Wildman–Crippen LogP) is -1.96. The summed E-state index contributed by atoms with van der Waals surface area (Å²) in [7, 11) is 0. The van der Waals surface area contributed by atoms with Crippen LogP contribution in [0.1, 0.15) is 11.1 Å². The lowest BCUT2D eigenvalue weighted by molar-refractivity contribution is -0.123. The van der Waals surface area contributed by atoms with Crippen LogP contribution in [0.15, 0.2) is 72.2 Å². The Labute approximate surface area is 219 Å². The van der Waals surface area contributed by atoms with Gasteiger partial charge in [-0.05, 0) is 23.3 Å². The summed E-state index contributed by atoms with van der Waals surface area (Å²) >= 11 is 0. The summed E-state index contributed by atoms with van der Waals surface area (Å²) in [6.07, 6.45) is -11.5. The fraction of sp³-hybridized carbons (Fsp3) is 0.385. The molecule has 0 bridgehead atoms. The Bertz CT molecular complexity index is 889. The number of aliphatic hydroxyl groups excluding tert-OH is 12. The molecule has 12 heteroatoms. The first-order chi connectivity index (χ1) is 17.9. The molecule has 12 nitrogen and oxygen atoms in total. The summed E-state index contributed by atoms with van der Waals surface area (Å²) in [4.78, 5) is 0. The van der Waals surface area contributed by atoms with Crippen LogP contribution in [0.2, 0.25) is 0 Å². The Morgan fingerprint density at radius 3 is 1.05 bits per heavy atom. The van der Waals surface area contributed by atoms with Gasteiger partial charge in [0.15, 0.2) is 0 Å². The van der Waals surface area contributed by atoms with E-state index >= 15 is 0 Å². The maximum atomic E-state index is 10.0. The van der Waals surface area contributed by atoms with Crippen molar-refractivity contribution < 1.29 is 61.3 Å². The van der Waals surface area contributed by atoms with Crippen LogP contribution in [0.25, 0.3) is 12.2 Å². The normalized spacial score (nSPS) is 18.7. The molecule has 0 fully saturated rings. The lowest BCUT2D eigenvalue weighted by atomic mass is 9.99. The predicted molar refractivity (Wildman–Crippen MR) is 136 cm³/mol. The molecule has 8 unspecified atom stereocenters. The molecule has 8 atom stereocenters. The monoisotopic (exact) mass is 540 g/mol. The highest BCUT2D eigenvalue weighted by Gasteiger charge is 2.34. The number of benzene rings is 2. The standard InChI is InChI=1S/C20H22O6.C6H14O6/c21-15(11-13-7-3-1-4-8-13)17(23)19(25)20(26)18(24)16(22)12-14-9-5-2-6-10-14;7-1-3(9)5(11)6(12)4(10)2-8/h1-12,17-26H;3-12H,1-2H2. The average Bonchev–Trinajstić information content (AvgIpc) is 2.95. The molecular formula is C26H36O12. The maximum Gasteiger partial charge on any atom is 0.139 e. The molecule has 38 heavy (non-hydrogen) atoms. The Kier molecular flexibility index (Phi) is 14.7. The first-order valence-electron chi connectivity index (χ1n) is 11.5. The molecular weight excluding hydrogens is 504 g/mol. The van der Waals surface area contributed by atoms with Gasteiger partial charge in [0, 0.05) is 0 Å². The van der Waals surface area contributed by atoms with E-state index in [2.05, 4.69) is 0 Å². The van der Waals surface area contributed by atoms with Crippen molar-refractivity contribution in [3.63, 3.8) is 0 Å². The van der Waals surface area contributed by atoms with E-state index in [1.807, 2.05) is 0 Å². The molecule has 0 aliphatic heterocycles. The van der Waals surface area contributed by atoms with E-state index in [-0.39, 0.29) is 0 Å². The zero-order chi connectivity index (χ0) is 28.8. The molecule has 212 valence electrons. The van der Waals surface area contributed by atoms with Gasteiger partial charge in [-0.2, -0.15) is 0 Å². The second-order valence-electron chi connectivity index (χ2n) is 8.31. The van der Waals surface area contributed by atoms with Gasteiger partial charge >= 0.3 is 0 Å². The molecule has 2 aromatic carbocycles. The summed E-state index contributed by atoms with van der Waals surface area (Å²) in [5.74, 6) is -1.16. The average molecular weight is 541 g/mol. The number of rotatable bonds is 12. The number of hydrogen-bond donors (Lipinski definition) is 12. The molecule has 0 saturated heterocycles. The first kappa shape index (κ1) is 33.1. The van der Waals surface area contributed by atoms with Gasteiger partial charge in [0.25, 0.3) is 0 Å². The third-order valence-electron chi connectivity index (χ3n) is 5.34. The lowest BCUT2D eigenvalue weighted by Crippen LogP contribution is -2.46. The number of hydrogen-bond acceptors (Lipinski definition) is 12. The molecule has 0 amide bonds. The third-order valence-corrected chi connectivity index (χ3v) is 5.34. The summed E-state index contributed by atoms with van der Waals surface area (Å²) < 4.78 is 0. The van der Waals surface area contributed by atoms with Crippen LogP contribution in [0.4, 0.5) is 0 Å². The van der Waals surface area contributed by atoms with Crippen LogP contribution < -0.4 is 0 Å². The summed E-state index contributed by atoms with van der Waals surface area (Å²) in [6, 6.07) is 17.2. The summed E-state index contributed by atoms with van der Waals surface area (Å²) in [5.41, 5.74) is 1.16. The lowest BCUT2D eigenvalue weighted by Gasteiger charge is -2.26. The van der Waals surface area contributed by atoms with Crippen molar-refractivity contribution >= 4 is 12.2 Å². The number of aliphatic hydroxyl groups is 12. The van der Waals surface area contributed by atoms with Gasteiger partial charge in [-0.25, -0.2) is 0 Å². The van der Waals surface area contributed by atoms with Crippen molar-refractivity contribution in [1.29, 1.82) is 0 Å². The highest BCUT2D eigenvalue weighted by Crippen LogP contribution is 2.18. The largest absolute Gasteiger partial charge is 0.509 e. The molecule has 0 saturated carbocycles. The molecule has 12 N–H and O–H groups in total. The molecule has 0 aromatic heterocycles. The molecule has 0 heterocycles. The molecule has 0 radical (unpaired) electrons. The van der Waals surface area contributed by atoms with Crippen molar-refractivity contribution in [1.82, 2.24) is 0 Å². The molecule has 2 aromatic rings. The van der Waals surface area contributed by atoms with Gasteiger partial charge in [-0.1, -0.05) is 60.7 Å². The van der Waals surface area contributed by atoms with Gasteiger partial charge in [0.2, 0.25) is 0 Å². The minimum Gasteiger partial charge on any atom is -0.509 e. The van der Waals surface area contributed by atoms with Crippen molar-refractivity contribution in [2.24, 2.45) is 0 Å². The van der Waals surface area contributed by atoms with Crippen LogP contribution in [-0.2, 0) is 0 Å². The van der Waals surface area contributed by atoms with Gasteiger partial charge < -0.3 is 61.3 Å². The minimum atomic E-state index is -1.92. The topological polar surface area (TPSA) is 243 Å². The van der Waals surface area contributed by atoms with Crippen molar-refractivity contribution in [3.8, 4) is 0 Å². The van der Waals surface area contributed by atoms with Crippen LogP contribution in [-0.4, -0.2) is 123 Å². The van der Waals surface area contributed by atoms with E-state index in [9.17, 15) is 30.6 Å². The van der Waals surface area contributed by atoms with E-state index in [0.29, 0.717) is 11.1 Å². The van der Waals surface area contributed by atoms with Crippen molar-refractivity contribution in [2.75, 3.05) is 13.2 Å². The smallest absolute Gasteiger partial charge is 0.139 e. The molecule has 0 aliphatic carbocycles. The van der Waals surface area contributed by atoms with E-state index in [1.165, 1.54) is 12.2 Å². The Balaban J connectivity index is 0.000000508.